The van der Waals surface area contributed by atoms with Crippen LogP contribution >= 0.6 is 7.82 Å². The molecule has 0 aromatic carbocycles. The minimum absolute atomic E-state index is 0.0483. The monoisotopic (exact) mass is 822 g/mol. The van der Waals surface area contributed by atoms with Gasteiger partial charge in [-0.3, -0.25) is 13.8 Å². The zero-order valence-electron chi connectivity index (χ0n) is 37.6. The van der Waals surface area contributed by atoms with Gasteiger partial charge in [-0.05, 0) is 70.6 Å². The topological polar surface area (TPSA) is 105 Å². The molecule has 0 aromatic rings. The van der Waals surface area contributed by atoms with Gasteiger partial charge < -0.3 is 19.8 Å². The standard InChI is InChI=1S/C48H89N2O6P/c1-6-8-10-12-14-16-18-20-21-22-23-24-25-26-27-28-30-31-33-35-37-39-41-47(51)46(45-56-57(53,54)55-44-43-50(3,4)5)49-48(52)42-40-38-36-34-32-29-19-17-15-13-11-9-7-2/h11,13,17,19,26-27,31,33,39,41,46-47,51H,6-10,12,14-16,18,20-25,28-30,32,34-38,40,42-45H2,1-5H3,(H-,49,52,53,54)/p+1/b13-11-,19-17-,27-26+,33-31+,41-39+. The van der Waals surface area contributed by atoms with E-state index in [0.717, 1.165) is 77.0 Å². The van der Waals surface area contributed by atoms with Gasteiger partial charge in [-0.2, -0.15) is 0 Å². The number of quaternary nitrogens is 1. The van der Waals surface area contributed by atoms with E-state index in [0.29, 0.717) is 17.4 Å². The maximum absolute atomic E-state index is 12.8. The number of unbranched alkanes of at least 4 members (excludes halogenated alkanes) is 20. The second kappa shape index (κ2) is 39.6. The number of nitrogens with one attached hydrogen (secondary N) is 1. The van der Waals surface area contributed by atoms with Crippen LogP contribution in [0.4, 0.5) is 0 Å². The molecule has 3 N–H and O–H groups in total. The molecule has 0 fully saturated rings. The third-order valence-electron chi connectivity index (χ3n) is 9.92. The zero-order chi connectivity index (χ0) is 42.1. The summed E-state index contributed by atoms with van der Waals surface area (Å²) in [4.78, 5) is 23.1. The summed E-state index contributed by atoms with van der Waals surface area (Å²) >= 11 is 0. The quantitative estimate of drug-likeness (QED) is 0.0245. The van der Waals surface area contributed by atoms with Gasteiger partial charge in [0.05, 0.1) is 39.9 Å². The molecule has 0 spiro atoms. The van der Waals surface area contributed by atoms with Crippen LogP contribution in [0.25, 0.3) is 0 Å². The summed E-state index contributed by atoms with van der Waals surface area (Å²) in [5, 5.41) is 13.8. The van der Waals surface area contributed by atoms with Crippen molar-refractivity contribution in [2.24, 2.45) is 0 Å². The van der Waals surface area contributed by atoms with Gasteiger partial charge in [-0.1, -0.05) is 171 Å². The van der Waals surface area contributed by atoms with Crippen molar-refractivity contribution in [2.75, 3.05) is 40.9 Å². The zero-order valence-corrected chi connectivity index (χ0v) is 38.5. The molecule has 0 bridgehead atoms. The van der Waals surface area contributed by atoms with Crippen molar-refractivity contribution in [1.29, 1.82) is 0 Å². The van der Waals surface area contributed by atoms with Crippen LogP contribution in [0.2, 0.25) is 0 Å². The van der Waals surface area contributed by atoms with Crippen LogP contribution in [-0.4, -0.2) is 73.4 Å². The number of aliphatic hydroxyl groups is 1. The number of hydrogen-bond donors (Lipinski definition) is 3. The Morgan fingerprint density at radius 1 is 0.596 bits per heavy atom. The second-order valence-corrected chi connectivity index (χ2v) is 18.2. The van der Waals surface area contributed by atoms with Gasteiger partial charge >= 0.3 is 7.82 Å². The van der Waals surface area contributed by atoms with Crippen molar-refractivity contribution in [3.63, 3.8) is 0 Å². The second-order valence-electron chi connectivity index (χ2n) is 16.8. The predicted molar refractivity (Wildman–Crippen MR) is 244 cm³/mol. The Morgan fingerprint density at radius 3 is 1.58 bits per heavy atom. The first-order valence-electron chi connectivity index (χ1n) is 23.2. The van der Waals surface area contributed by atoms with E-state index in [9.17, 15) is 19.4 Å². The maximum atomic E-state index is 12.8. The third-order valence-corrected chi connectivity index (χ3v) is 10.9. The number of hydrogen-bond acceptors (Lipinski definition) is 5. The Morgan fingerprint density at radius 2 is 1.05 bits per heavy atom. The Hall–Kier alpha value is -1.80. The highest BCUT2D eigenvalue weighted by Gasteiger charge is 2.27. The Labute approximate surface area is 351 Å². The van der Waals surface area contributed by atoms with Crippen LogP contribution in [0.5, 0.6) is 0 Å². The fourth-order valence-electron chi connectivity index (χ4n) is 6.23. The van der Waals surface area contributed by atoms with E-state index >= 15 is 0 Å². The summed E-state index contributed by atoms with van der Waals surface area (Å²) in [6, 6.07) is -0.878. The molecule has 332 valence electrons. The van der Waals surface area contributed by atoms with Crippen LogP contribution in [0.3, 0.4) is 0 Å². The number of amides is 1. The lowest BCUT2D eigenvalue weighted by atomic mass is 10.0. The summed E-state index contributed by atoms with van der Waals surface area (Å²) in [6.07, 6.45) is 51.6. The molecule has 0 saturated heterocycles. The van der Waals surface area contributed by atoms with E-state index in [4.69, 9.17) is 9.05 Å². The molecule has 0 aliphatic carbocycles. The minimum atomic E-state index is -4.35. The maximum Gasteiger partial charge on any atom is 0.472 e. The normalized spacial score (nSPS) is 14.9. The van der Waals surface area contributed by atoms with Gasteiger partial charge in [0.25, 0.3) is 0 Å². The third kappa shape index (κ3) is 42.1. The van der Waals surface area contributed by atoms with Gasteiger partial charge in [0, 0.05) is 6.42 Å². The molecule has 3 unspecified atom stereocenters. The first-order valence-corrected chi connectivity index (χ1v) is 24.7. The molecule has 0 radical (unpaired) electrons. The van der Waals surface area contributed by atoms with Crippen LogP contribution in [0.1, 0.15) is 187 Å². The lowest BCUT2D eigenvalue weighted by molar-refractivity contribution is -0.870. The van der Waals surface area contributed by atoms with Crippen molar-refractivity contribution in [1.82, 2.24) is 5.32 Å². The average Bonchev–Trinajstić information content (AvgIpc) is 3.16. The molecule has 57 heavy (non-hydrogen) atoms. The van der Waals surface area contributed by atoms with Gasteiger partial charge in [-0.15, -0.1) is 0 Å². The lowest BCUT2D eigenvalue weighted by Crippen LogP contribution is -2.45. The van der Waals surface area contributed by atoms with E-state index < -0.39 is 20.0 Å². The highest BCUT2D eigenvalue weighted by molar-refractivity contribution is 7.47. The summed E-state index contributed by atoms with van der Waals surface area (Å²) in [5.74, 6) is -0.208. The van der Waals surface area contributed by atoms with Gasteiger partial charge in [0.1, 0.15) is 13.2 Å². The molecule has 9 heteroatoms. The first-order chi connectivity index (χ1) is 27.5. The van der Waals surface area contributed by atoms with Crippen molar-refractivity contribution in [3.05, 3.63) is 60.8 Å². The molecule has 0 rings (SSSR count). The SMILES string of the molecule is CCC/C=C\C/C=C\CCCCCCCC(=O)NC(COP(=O)(O)OCC[N+](C)(C)C)C(O)/C=C/CC/C=C/CC/C=C/CCCCCCCCCCCCCC. The smallest absolute Gasteiger partial charge is 0.387 e. The molecule has 0 aliphatic heterocycles. The van der Waals surface area contributed by atoms with E-state index in [1.165, 1.54) is 89.9 Å². The molecule has 0 heterocycles. The predicted octanol–water partition coefficient (Wildman–Crippen LogP) is 13.0. The highest BCUT2D eigenvalue weighted by Crippen LogP contribution is 2.43. The number of phosphoric acid groups is 1. The Bertz CT molecular complexity index is 1110. The van der Waals surface area contributed by atoms with Gasteiger partial charge in [-0.25, -0.2) is 4.57 Å². The number of rotatable bonds is 41. The van der Waals surface area contributed by atoms with Crippen molar-refractivity contribution in [3.8, 4) is 0 Å². The summed E-state index contributed by atoms with van der Waals surface area (Å²) in [6.45, 7) is 4.70. The molecule has 3 atom stereocenters. The molecule has 8 nitrogen and oxygen atoms in total. The Balaban J connectivity index is 4.46. The molecule has 0 aliphatic rings. The number of phosphoric ester groups is 1. The number of aliphatic hydroxyl groups excluding tert-OH is 1. The van der Waals surface area contributed by atoms with Crippen LogP contribution in [-0.2, 0) is 18.4 Å². The van der Waals surface area contributed by atoms with E-state index in [1.54, 1.807) is 6.08 Å². The fraction of sp³-hybridized carbons (Fsp3) is 0.771. The van der Waals surface area contributed by atoms with Crippen molar-refractivity contribution >= 4 is 13.7 Å². The first kappa shape index (κ1) is 55.2. The minimum Gasteiger partial charge on any atom is -0.387 e. The summed E-state index contributed by atoms with van der Waals surface area (Å²) in [7, 11) is 1.53. The average molecular weight is 822 g/mol. The molecule has 0 aromatic heterocycles. The van der Waals surface area contributed by atoms with Gasteiger partial charge in [0.15, 0.2) is 0 Å². The number of allylic oxidation sites excluding steroid dienone is 9. The van der Waals surface area contributed by atoms with Crippen molar-refractivity contribution in [2.45, 2.75) is 199 Å². The number of carbonyl (C=O) groups excluding carboxylic acids is 1. The fourth-order valence-corrected chi connectivity index (χ4v) is 6.96. The molecular formula is C48H90N2O6P+. The van der Waals surface area contributed by atoms with Crippen LogP contribution in [0.15, 0.2) is 60.8 Å². The molecule has 1 amide bonds. The molecular weight excluding hydrogens is 732 g/mol. The van der Waals surface area contributed by atoms with Crippen molar-refractivity contribution < 1.29 is 32.9 Å². The van der Waals surface area contributed by atoms with E-state index in [2.05, 4.69) is 67.8 Å². The number of likely N-dealkylation sites (N-methyl/N-ethyl adjacent to an activating group) is 1. The summed E-state index contributed by atoms with van der Waals surface area (Å²) < 4.78 is 23.5. The summed E-state index contributed by atoms with van der Waals surface area (Å²) in [5.41, 5.74) is 0. The van der Waals surface area contributed by atoms with E-state index in [1.807, 2.05) is 27.2 Å². The van der Waals surface area contributed by atoms with Gasteiger partial charge in [0.2, 0.25) is 5.91 Å². The van der Waals surface area contributed by atoms with Crippen LogP contribution < -0.4 is 5.32 Å². The van der Waals surface area contributed by atoms with E-state index in [-0.39, 0.29) is 19.1 Å². The lowest BCUT2D eigenvalue weighted by Gasteiger charge is -2.25. The Kier molecular flexibility index (Phi) is 38.4. The number of carbonyl (C=O) groups is 1. The van der Waals surface area contributed by atoms with Crippen LogP contribution in [0, 0.1) is 0 Å². The number of nitrogens with zero attached hydrogens (tertiary/aromatic N) is 1. The highest BCUT2D eigenvalue weighted by atomic mass is 31.2. The largest absolute Gasteiger partial charge is 0.472 e. The molecule has 0 saturated carbocycles.